The van der Waals surface area contributed by atoms with Crippen LogP contribution in [0.3, 0.4) is 0 Å². The maximum atomic E-state index is 12.6. The molecule has 0 radical (unpaired) electrons. The van der Waals surface area contributed by atoms with Gasteiger partial charge >= 0.3 is 0 Å². The van der Waals surface area contributed by atoms with Gasteiger partial charge in [0.05, 0.1) is 22.8 Å². The van der Waals surface area contributed by atoms with Crippen molar-refractivity contribution < 1.29 is 4.79 Å². The van der Waals surface area contributed by atoms with Crippen molar-refractivity contribution in [2.45, 2.75) is 20.0 Å². The molecule has 5 heteroatoms. The summed E-state index contributed by atoms with van der Waals surface area (Å²) in [6.07, 6.45) is 0. The van der Waals surface area contributed by atoms with Crippen LogP contribution in [0.2, 0.25) is 0 Å². The van der Waals surface area contributed by atoms with Gasteiger partial charge in [0, 0.05) is 16.6 Å². The Kier molecular flexibility index (Phi) is 4.54. The van der Waals surface area contributed by atoms with E-state index in [2.05, 4.69) is 44.5 Å². The second-order valence-corrected chi connectivity index (χ2v) is 7.15. The summed E-state index contributed by atoms with van der Waals surface area (Å²) in [4.78, 5) is 18.2. The third kappa shape index (κ3) is 3.39. The Morgan fingerprint density at radius 2 is 2.00 bits per heavy atom. The number of aromatic nitrogens is 2. The van der Waals surface area contributed by atoms with Crippen LogP contribution in [0, 0.1) is 6.92 Å². The molecule has 4 rings (SSSR count). The van der Waals surface area contributed by atoms with E-state index in [1.807, 2.05) is 43.3 Å². The van der Waals surface area contributed by atoms with E-state index in [9.17, 15) is 4.79 Å². The molecule has 0 fully saturated rings. The highest BCUT2D eigenvalue weighted by atomic mass is 32.1. The van der Waals surface area contributed by atoms with Crippen LogP contribution >= 0.6 is 11.3 Å². The van der Waals surface area contributed by atoms with Gasteiger partial charge in [0.2, 0.25) is 5.91 Å². The molecule has 4 aromatic rings. The van der Waals surface area contributed by atoms with Gasteiger partial charge in [-0.05, 0) is 42.6 Å². The number of aryl methyl sites for hydroxylation is 1. The van der Waals surface area contributed by atoms with Crippen LogP contribution < -0.4 is 5.32 Å². The van der Waals surface area contributed by atoms with Crippen molar-refractivity contribution in [1.29, 1.82) is 0 Å². The number of para-hydroxylation sites is 1. The molecule has 0 spiro atoms. The fourth-order valence-electron chi connectivity index (χ4n) is 3.10. The lowest BCUT2D eigenvalue weighted by molar-refractivity contribution is -0.121. The summed E-state index contributed by atoms with van der Waals surface area (Å²) in [5.74, 6) is -0.0209. The summed E-state index contributed by atoms with van der Waals surface area (Å²) in [5, 5.41) is 6.18. The molecule has 1 aromatic carbocycles. The van der Waals surface area contributed by atoms with Crippen LogP contribution in [0.5, 0.6) is 0 Å². The summed E-state index contributed by atoms with van der Waals surface area (Å²) in [6, 6.07) is 20.3. The Balaban J connectivity index is 1.58. The minimum Gasteiger partial charge on any atom is -0.349 e. The molecule has 0 atom stereocenters. The van der Waals surface area contributed by atoms with Crippen molar-refractivity contribution >= 4 is 28.1 Å². The topological polar surface area (TPSA) is 46.9 Å². The number of carbonyl (C=O) groups excluding carboxylic acids is 1. The molecule has 0 bridgehead atoms. The number of hydrogen-bond donors (Lipinski definition) is 1. The molecule has 0 unspecified atom stereocenters. The maximum absolute atomic E-state index is 12.6. The van der Waals surface area contributed by atoms with Gasteiger partial charge in [-0.2, -0.15) is 0 Å². The van der Waals surface area contributed by atoms with Crippen LogP contribution in [0.15, 0.2) is 66.0 Å². The second-order valence-electron chi connectivity index (χ2n) is 6.20. The van der Waals surface area contributed by atoms with Crippen molar-refractivity contribution in [3.05, 3.63) is 77.4 Å². The first-order chi connectivity index (χ1) is 12.7. The monoisotopic (exact) mass is 361 g/mol. The van der Waals surface area contributed by atoms with E-state index >= 15 is 0 Å². The van der Waals surface area contributed by atoms with Crippen molar-refractivity contribution in [3.8, 4) is 10.6 Å². The van der Waals surface area contributed by atoms with Crippen LogP contribution in [0.1, 0.15) is 11.4 Å². The predicted octanol–water partition coefficient (Wildman–Crippen LogP) is 4.39. The first-order valence-corrected chi connectivity index (χ1v) is 9.40. The zero-order valence-corrected chi connectivity index (χ0v) is 15.3. The van der Waals surface area contributed by atoms with Crippen molar-refractivity contribution in [3.63, 3.8) is 0 Å². The van der Waals surface area contributed by atoms with Crippen LogP contribution in [-0.4, -0.2) is 15.5 Å². The lowest BCUT2D eigenvalue weighted by Gasteiger charge is -2.11. The Morgan fingerprint density at radius 1 is 1.12 bits per heavy atom. The molecule has 4 nitrogen and oxygen atoms in total. The van der Waals surface area contributed by atoms with Gasteiger partial charge in [0.1, 0.15) is 6.54 Å². The highest BCUT2D eigenvalue weighted by molar-refractivity contribution is 7.13. The fraction of sp³-hybridized carbons (Fsp3) is 0.143. The zero-order valence-electron chi connectivity index (χ0n) is 14.5. The molecule has 3 heterocycles. The van der Waals surface area contributed by atoms with Crippen LogP contribution in [0.4, 0.5) is 0 Å². The number of rotatable bonds is 5. The van der Waals surface area contributed by atoms with Gasteiger partial charge in [0.15, 0.2) is 0 Å². The molecule has 0 aliphatic heterocycles. The van der Waals surface area contributed by atoms with Crippen molar-refractivity contribution in [1.82, 2.24) is 14.9 Å². The minimum absolute atomic E-state index is 0.0209. The second kappa shape index (κ2) is 7.14. The molecule has 1 amide bonds. The lowest BCUT2D eigenvalue weighted by atomic mass is 10.2. The van der Waals surface area contributed by atoms with E-state index in [-0.39, 0.29) is 12.5 Å². The third-order valence-corrected chi connectivity index (χ3v) is 5.19. The van der Waals surface area contributed by atoms with E-state index in [1.165, 1.54) is 0 Å². The summed E-state index contributed by atoms with van der Waals surface area (Å²) in [5.41, 5.74) is 3.96. The molecule has 0 aliphatic rings. The predicted molar refractivity (Wildman–Crippen MR) is 106 cm³/mol. The standard InChI is InChI=1S/C21H19N3OS/c1-15-6-4-8-17(23-15)13-22-21(25)14-24-18-9-3-2-7-16(18)12-19(24)20-10-5-11-26-20/h2-12H,13-14H2,1H3,(H,22,25). The van der Waals surface area contributed by atoms with Gasteiger partial charge in [0.25, 0.3) is 0 Å². The summed E-state index contributed by atoms with van der Waals surface area (Å²) in [6.45, 7) is 2.67. The van der Waals surface area contributed by atoms with E-state index < -0.39 is 0 Å². The molecule has 130 valence electrons. The molecule has 3 aromatic heterocycles. The largest absolute Gasteiger partial charge is 0.349 e. The molecular weight excluding hydrogens is 342 g/mol. The molecular formula is C21H19N3OS. The molecule has 26 heavy (non-hydrogen) atoms. The maximum Gasteiger partial charge on any atom is 0.240 e. The molecule has 0 aliphatic carbocycles. The molecule has 1 N–H and O–H groups in total. The number of benzene rings is 1. The molecule has 0 saturated carbocycles. The molecule has 0 saturated heterocycles. The summed E-state index contributed by atoms with van der Waals surface area (Å²) >= 11 is 1.68. The lowest BCUT2D eigenvalue weighted by Crippen LogP contribution is -2.27. The summed E-state index contributed by atoms with van der Waals surface area (Å²) < 4.78 is 2.08. The van der Waals surface area contributed by atoms with E-state index in [0.29, 0.717) is 6.54 Å². The number of thiophene rings is 1. The number of nitrogens with one attached hydrogen (secondary N) is 1. The SMILES string of the molecule is Cc1cccc(CNC(=O)Cn2c(-c3cccs3)cc3ccccc32)n1. The number of hydrogen-bond acceptors (Lipinski definition) is 3. The highest BCUT2D eigenvalue weighted by Gasteiger charge is 2.14. The Hall–Kier alpha value is -2.92. The van der Waals surface area contributed by atoms with Crippen LogP contribution in [0.25, 0.3) is 21.5 Å². The Labute approximate surface area is 156 Å². The van der Waals surface area contributed by atoms with Crippen molar-refractivity contribution in [2.24, 2.45) is 0 Å². The third-order valence-electron chi connectivity index (χ3n) is 4.30. The summed E-state index contributed by atoms with van der Waals surface area (Å²) in [7, 11) is 0. The van der Waals surface area contributed by atoms with Gasteiger partial charge in [-0.3, -0.25) is 9.78 Å². The number of pyridine rings is 1. The number of nitrogens with zero attached hydrogens (tertiary/aromatic N) is 2. The zero-order chi connectivity index (χ0) is 17.9. The number of carbonyl (C=O) groups is 1. The first-order valence-electron chi connectivity index (χ1n) is 8.52. The van der Waals surface area contributed by atoms with Gasteiger partial charge in [-0.15, -0.1) is 11.3 Å². The quantitative estimate of drug-likeness (QED) is 0.573. The van der Waals surface area contributed by atoms with E-state index in [0.717, 1.165) is 32.9 Å². The van der Waals surface area contributed by atoms with Crippen molar-refractivity contribution in [2.75, 3.05) is 0 Å². The highest BCUT2D eigenvalue weighted by Crippen LogP contribution is 2.31. The fourth-order valence-corrected chi connectivity index (χ4v) is 3.85. The Bertz CT molecular complexity index is 1050. The van der Waals surface area contributed by atoms with Gasteiger partial charge in [-0.1, -0.05) is 30.3 Å². The van der Waals surface area contributed by atoms with E-state index in [4.69, 9.17) is 0 Å². The average Bonchev–Trinajstić information content (AvgIpc) is 3.28. The van der Waals surface area contributed by atoms with Gasteiger partial charge in [-0.25, -0.2) is 0 Å². The number of amides is 1. The van der Waals surface area contributed by atoms with Crippen LogP contribution in [-0.2, 0) is 17.9 Å². The van der Waals surface area contributed by atoms with Gasteiger partial charge < -0.3 is 9.88 Å². The normalized spacial score (nSPS) is 11.0. The average molecular weight is 361 g/mol. The smallest absolute Gasteiger partial charge is 0.240 e. The minimum atomic E-state index is -0.0209. The van der Waals surface area contributed by atoms with E-state index in [1.54, 1.807) is 11.3 Å². The first kappa shape index (κ1) is 16.5. The number of fused-ring (bicyclic) bond motifs is 1. The Morgan fingerprint density at radius 3 is 2.81 bits per heavy atom.